The van der Waals surface area contributed by atoms with E-state index in [0.29, 0.717) is 11.3 Å². The number of guanidine groups is 1. The predicted molar refractivity (Wildman–Crippen MR) is 114 cm³/mol. The first-order valence-corrected chi connectivity index (χ1v) is 8.16. The number of ether oxygens (including phenoxy) is 2. The molecule has 0 saturated heterocycles. The molecular weight excluding hydrogens is 412 g/mol. The van der Waals surface area contributed by atoms with Crippen molar-refractivity contribution in [1.29, 1.82) is 0 Å². The zero-order chi connectivity index (χ0) is 26.4. The number of nitrogens with two attached hydrogens (primary N) is 2. The van der Waals surface area contributed by atoms with Crippen LogP contribution in [0.25, 0.3) is 0 Å². The molecule has 9 nitrogen and oxygen atoms in total. The smallest absolute Gasteiger partial charge is 0.343 e. The number of esters is 2. The fourth-order valence-corrected chi connectivity index (χ4v) is 2.09. The van der Waals surface area contributed by atoms with E-state index in [9.17, 15) is 14.4 Å². The van der Waals surface area contributed by atoms with Crippen molar-refractivity contribution in [1.82, 2.24) is 4.90 Å². The minimum atomic E-state index is -3.23. The molecule has 0 aromatic heterocycles. The Labute approximate surface area is 188 Å². The highest BCUT2D eigenvalue weighted by atomic mass is 35.5. The van der Waals surface area contributed by atoms with Gasteiger partial charge in [-0.05, 0) is 42.0 Å². The summed E-state index contributed by atoms with van der Waals surface area (Å²) in [7, 11) is 0. The fourth-order valence-electron chi connectivity index (χ4n) is 2.09. The summed E-state index contributed by atoms with van der Waals surface area (Å²) < 4.78 is 53.1. The zero-order valence-corrected chi connectivity index (χ0v) is 16.3. The van der Waals surface area contributed by atoms with Crippen LogP contribution in [-0.4, -0.2) is 49.3 Å². The maximum Gasteiger partial charge on any atom is 0.343 e. The van der Waals surface area contributed by atoms with Gasteiger partial charge < -0.3 is 25.8 Å². The van der Waals surface area contributed by atoms with E-state index in [1.165, 1.54) is 48.5 Å². The van der Waals surface area contributed by atoms with Crippen LogP contribution >= 0.6 is 12.4 Å². The van der Waals surface area contributed by atoms with Gasteiger partial charge in [0.05, 0.1) is 17.7 Å². The number of aliphatic imine (C=N–C) groups is 1. The SMILES string of the molecule is Cl.[2H]C([2H])([2H])N(C(=O)COC(=O)Cc1ccc(OC(=O)c2ccc(N=C(N)N)cc2)cc1)C([2H])([2H])[2H]. The lowest BCUT2D eigenvalue weighted by atomic mass is 10.1. The molecule has 160 valence electrons. The molecule has 0 bridgehead atoms. The molecule has 4 N–H and O–H groups in total. The molecule has 0 heterocycles. The third-order valence-corrected chi connectivity index (χ3v) is 3.45. The van der Waals surface area contributed by atoms with Crippen LogP contribution in [0, 0.1) is 0 Å². The minimum Gasteiger partial charge on any atom is -0.455 e. The summed E-state index contributed by atoms with van der Waals surface area (Å²) in [5.74, 6) is -2.84. The number of likely N-dealkylation sites (N-methyl/N-ethyl adjacent to an activating group) is 1. The number of nitrogens with zero attached hydrogens (tertiary/aromatic N) is 2. The second-order valence-corrected chi connectivity index (χ2v) is 5.68. The van der Waals surface area contributed by atoms with Crippen molar-refractivity contribution in [3.63, 3.8) is 0 Å². The zero-order valence-electron chi connectivity index (χ0n) is 21.5. The number of halogens is 1. The molecule has 2 aromatic carbocycles. The number of hydrogen-bond acceptors (Lipinski definition) is 6. The highest BCUT2D eigenvalue weighted by molar-refractivity contribution is 5.91. The Bertz CT molecular complexity index is 1090. The molecule has 0 spiro atoms. The summed E-state index contributed by atoms with van der Waals surface area (Å²) in [6.07, 6.45) is -0.296. The van der Waals surface area contributed by atoms with E-state index in [2.05, 4.69) is 4.99 Å². The van der Waals surface area contributed by atoms with E-state index < -0.39 is 38.4 Å². The van der Waals surface area contributed by atoms with Gasteiger partial charge in [-0.1, -0.05) is 12.1 Å². The lowest BCUT2D eigenvalue weighted by Crippen LogP contribution is -2.27. The van der Waals surface area contributed by atoms with Gasteiger partial charge in [0.15, 0.2) is 12.6 Å². The number of rotatable bonds is 7. The van der Waals surface area contributed by atoms with Gasteiger partial charge in [-0.25, -0.2) is 9.79 Å². The number of benzene rings is 2. The van der Waals surface area contributed by atoms with E-state index in [1.54, 1.807) is 0 Å². The summed E-state index contributed by atoms with van der Waals surface area (Å²) in [4.78, 5) is 39.8. The molecular formula is C20H23ClN4O5. The molecule has 0 atom stereocenters. The summed E-state index contributed by atoms with van der Waals surface area (Å²) in [5, 5.41) is 0. The van der Waals surface area contributed by atoms with Crippen LogP contribution < -0.4 is 16.2 Å². The Kier molecular flexibility index (Phi) is 6.18. The molecule has 0 aliphatic carbocycles. The maximum absolute atomic E-state index is 12.3. The molecule has 0 saturated carbocycles. The second-order valence-electron chi connectivity index (χ2n) is 5.68. The number of carbonyl (C=O) groups excluding carboxylic acids is 3. The Morgan fingerprint density at radius 2 is 1.67 bits per heavy atom. The van der Waals surface area contributed by atoms with E-state index >= 15 is 0 Å². The molecule has 10 heteroatoms. The van der Waals surface area contributed by atoms with Crippen molar-refractivity contribution in [3.8, 4) is 5.75 Å². The largest absolute Gasteiger partial charge is 0.455 e. The molecule has 2 aromatic rings. The van der Waals surface area contributed by atoms with Gasteiger partial charge in [0.25, 0.3) is 5.91 Å². The van der Waals surface area contributed by atoms with Crippen molar-refractivity contribution in [3.05, 3.63) is 59.7 Å². The van der Waals surface area contributed by atoms with Crippen LogP contribution in [0.15, 0.2) is 53.5 Å². The van der Waals surface area contributed by atoms with Crippen LogP contribution in [-0.2, 0) is 20.7 Å². The average molecular weight is 441 g/mol. The van der Waals surface area contributed by atoms with Gasteiger partial charge in [0, 0.05) is 22.2 Å². The maximum atomic E-state index is 12.3. The van der Waals surface area contributed by atoms with Gasteiger partial charge in [-0.15, -0.1) is 12.4 Å². The minimum absolute atomic E-state index is 0. The topological polar surface area (TPSA) is 137 Å². The first-order valence-electron chi connectivity index (χ1n) is 11.2. The Hall–Kier alpha value is -3.59. The number of amides is 1. The number of carbonyl (C=O) groups is 3. The van der Waals surface area contributed by atoms with Crippen LogP contribution in [0.1, 0.15) is 24.1 Å². The highest BCUT2D eigenvalue weighted by Gasteiger charge is 2.11. The first kappa shape index (κ1) is 16.2. The molecule has 1 amide bonds. The normalized spacial score (nSPS) is 13.5. The lowest BCUT2D eigenvalue weighted by Gasteiger charge is -2.10. The molecule has 0 aliphatic heterocycles. The fraction of sp³-hybridized carbons (Fsp3) is 0.200. The highest BCUT2D eigenvalue weighted by Crippen LogP contribution is 2.17. The lowest BCUT2D eigenvalue weighted by molar-refractivity contribution is -0.150. The first-order chi connectivity index (χ1) is 16.2. The van der Waals surface area contributed by atoms with Gasteiger partial charge >= 0.3 is 11.9 Å². The van der Waals surface area contributed by atoms with Gasteiger partial charge in [0.1, 0.15) is 5.75 Å². The Morgan fingerprint density at radius 1 is 1.03 bits per heavy atom. The molecule has 30 heavy (non-hydrogen) atoms. The van der Waals surface area contributed by atoms with Crippen LogP contribution in [0.5, 0.6) is 5.75 Å². The molecule has 0 radical (unpaired) electrons. The monoisotopic (exact) mass is 440 g/mol. The van der Waals surface area contributed by atoms with E-state index in [0.717, 1.165) is 0 Å². The summed E-state index contributed by atoms with van der Waals surface area (Å²) in [6, 6.07) is 11.9. The predicted octanol–water partition coefficient (Wildman–Crippen LogP) is 1.41. The van der Waals surface area contributed by atoms with Gasteiger partial charge in [-0.3, -0.25) is 9.59 Å². The van der Waals surface area contributed by atoms with Crippen molar-refractivity contribution in [2.45, 2.75) is 6.42 Å². The van der Waals surface area contributed by atoms with E-state index in [1.807, 2.05) is 0 Å². The van der Waals surface area contributed by atoms with Crippen molar-refractivity contribution < 1.29 is 32.1 Å². The average Bonchev–Trinajstić information content (AvgIpc) is 2.71. The van der Waals surface area contributed by atoms with Crippen LogP contribution in [0.4, 0.5) is 5.69 Å². The second kappa shape index (κ2) is 11.4. The third-order valence-electron chi connectivity index (χ3n) is 3.45. The van der Waals surface area contributed by atoms with Gasteiger partial charge in [-0.2, -0.15) is 0 Å². The van der Waals surface area contributed by atoms with E-state index in [4.69, 9.17) is 29.2 Å². The Morgan fingerprint density at radius 3 is 2.23 bits per heavy atom. The molecule has 2 rings (SSSR count). The number of hydrogen-bond donors (Lipinski definition) is 2. The Balaban J connectivity index is 0.00000648. The molecule has 0 aliphatic rings. The third kappa shape index (κ3) is 7.80. The molecule has 0 fully saturated rings. The van der Waals surface area contributed by atoms with Crippen LogP contribution in [0.2, 0.25) is 0 Å². The molecule has 0 unspecified atom stereocenters. The standard InChI is InChI=1S/C20H22N4O5.ClH/c1-24(2)17(25)12-28-18(26)11-13-3-9-16(10-4-13)29-19(27)14-5-7-15(8-6-14)23-20(21)22;/h3-10H,11-12H2,1-2H3,(H4,21,22,23);1H/i1D3,2D3;. The van der Waals surface area contributed by atoms with Crippen molar-refractivity contribution >= 4 is 41.9 Å². The summed E-state index contributed by atoms with van der Waals surface area (Å²) in [5.41, 5.74) is 11.7. The quantitative estimate of drug-likeness (QED) is 0.287. The van der Waals surface area contributed by atoms with Gasteiger partial charge in [0.2, 0.25) is 0 Å². The van der Waals surface area contributed by atoms with Crippen LogP contribution in [0.3, 0.4) is 0 Å². The van der Waals surface area contributed by atoms with Crippen molar-refractivity contribution in [2.75, 3.05) is 20.6 Å². The summed E-state index contributed by atoms with van der Waals surface area (Å²) >= 11 is 0. The summed E-state index contributed by atoms with van der Waals surface area (Å²) in [6.45, 7) is -7.50. The van der Waals surface area contributed by atoms with E-state index in [-0.39, 0.29) is 41.0 Å². The van der Waals surface area contributed by atoms with Crippen molar-refractivity contribution in [2.24, 2.45) is 16.5 Å².